The third-order valence-corrected chi connectivity index (χ3v) is 11.1. The van der Waals surface area contributed by atoms with Gasteiger partial charge in [-0.1, -0.05) is 38.2 Å². The molecule has 0 saturated heterocycles. The molecule has 172 valence electrons. The minimum absolute atomic E-state index is 0.0414. The van der Waals surface area contributed by atoms with Crippen LogP contribution in [-0.2, 0) is 16.9 Å². The van der Waals surface area contributed by atoms with Crippen molar-refractivity contribution in [2.45, 2.75) is 76.8 Å². The SMILES string of the molecule is Cc1cccc(NC(=O)N2Cc3c(NC(=O)C4([Si](C)(C)C)CCC4)n[nH]c3C2(C)C)c1F. The van der Waals surface area contributed by atoms with Crippen molar-refractivity contribution in [3.05, 3.63) is 40.8 Å². The maximum absolute atomic E-state index is 14.4. The van der Waals surface area contributed by atoms with E-state index in [1.807, 2.05) is 13.8 Å². The lowest BCUT2D eigenvalue weighted by atomic mass is 9.83. The third kappa shape index (κ3) is 3.34. The molecule has 1 aliphatic carbocycles. The first kappa shape index (κ1) is 22.5. The molecule has 2 aromatic rings. The summed E-state index contributed by atoms with van der Waals surface area (Å²) in [7, 11) is -1.72. The molecular weight excluding hydrogens is 425 g/mol. The van der Waals surface area contributed by atoms with Crippen LogP contribution >= 0.6 is 0 Å². The number of aromatic nitrogens is 2. The fraction of sp³-hybridized carbons (Fsp3) is 0.522. The smallest absolute Gasteiger partial charge is 0.309 e. The van der Waals surface area contributed by atoms with Crippen molar-refractivity contribution >= 4 is 31.5 Å². The molecule has 0 atom stereocenters. The van der Waals surface area contributed by atoms with E-state index in [0.717, 1.165) is 30.5 Å². The summed E-state index contributed by atoms with van der Waals surface area (Å²) in [6.45, 7) is 12.5. The van der Waals surface area contributed by atoms with E-state index in [9.17, 15) is 14.0 Å². The van der Waals surface area contributed by atoms with Gasteiger partial charge in [0.05, 0.1) is 31.5 Å². The number of carbonyl (C=O) groups excluding carboxylic acids is 2. The molecule has 3 N–H and O–H groups in total. The first-order chi connectivity index (χ1) is 14.9. The Hall–Kier alpha value is -2.68. The van der Waals surface area contributed by atoms with Gasteiger partial charge < -0.3 is 15.5 Å². The summed E-state index contributed by atoms with van der Waals surface area (Å²) in [6, 6.07) is 4.51. The monoisotopic (exact) mass is 457 g/mol. The number of benzene rings is 1. The highest BCUT2D eigenvalue weighted by Gasteiger charge is 2.54. The molecule has 1 aliphatic heterocycles. The molecule has 0 radical (unpaired) electrons. The standard InChI is InChI=1S/C23H32FN5O2Si/c1-14-9-7-10-16(17(14)24)25-21(31)29-13-15-18(22(29,2)3)27-28-19(15)26-20(30)23(11-8-12-23)32(4,5)6/h7,9-10H,8,11-13H2,1-6H3,(H,25,31)(H2,26,27,28,30). The molecule has 2 aliphatic rings. The molecule has 9 heteroatoms. The number of fused-ring (bicyclic) bond motifs is 1. The number of rotatable bonds is 4. The molecule has 0 spiro atoms. The van der Waals surface area contributed by atoms with E-state index < -0.39 is 25.5 Å². The Bertz CT molecular complexity index is 1080. The molecule has 1 saturated carbocycles. The molecule has 32 heavy (non-hydrogen) atoms. The number of nitrogens with zero attached hydrogens (tertiary/aromatic N) is 2. The van der Waals surface area contributed by atoms with Gasteiger partial charge in [-0.15, -0.1) is 0 Å². The highest BCUT2D eigenvalue weighted by molar-refractivity contribution is 6.83. The average Bonchev–Trinajstić information content (AvgIpc) is 3.15. The molecule has 4 rings (SSSR count). The number of urea groups is 1. The second-order valence-corrected chi connectivity index (χ2v) is 16.0. The summed E-state index contributed by atoms with van der Waals surface area (Å²) >= 11 is 0. The number of aryl methyl sites for hydroxylation is 1. The molecule has 7 nitrogen and oxygen atoms in total. The molecule has 1 aromatic carbocycles. The lowest BCUT2D eigenvalue weighted by Gasteiger charge is -2.48. The number of amides is 3. The normalized spacial score (nSPS) is 18.7. The van der Waals surface area contributed by atoms with Crippen molar-refractivity contribution < 1.29 is 14.0 Å². The zero-order chi connectivity index (χ0) is 23.5. The van der Waals surface area contributed by atoms with Gasteiger partial charge in [-0.2, -0.15) is 5.10 Å². The average molecular weight is 458 g/mol. The highest BCUT2D eigenvalue weighted by atomic mass is 28.3. The van der Waals surface area contributed by atoms with Crippen LogP contribution in [0.15, 0.2) is 18.2 Å². The quantitative estimate of drug-likeness (QED) is 0.541. The zero-order valence-corrected chi connectivity index (χ0v) is 20.6. The van der Waals surface area contributed by atoms with Gasteiger partial charge in [0.2, 0.25) is 5.91 Å². The minimum atomic E-state index is -1.72. The van der Waals surface area contributed by atoms with E-state index in [0.29, 0.717) is 11.4 Å². The van der Waals surface area contributed by atoms with Gasteiger partial charge in [0.1, 0.15) is 5.82 Å². The van der Waals surface area contributed by atoms with Crippen LogP contribution < -0.4 is 10.6 Å². The lowest BCUT2D eigenvalue weighted by Crippen LogP contribution is -2.52. The maximum Gasteiger partial charge on any atom is 0.323 e. The molecule has 1 fully saturated rings. The van der Waals surface area contributed by atoms with Crippen LogP contribution in [0.3, 0.4) is 0 Å². The van der Waals surface area contributed by atoms with E-state index in [1.165, 1.54) is 0 Å². The first-order valence-electron chi connectivity index (χ1n) is 11.1. The summed E-state index contributed by atoms with van der Waals surface area (Å²) in [4.78, 5) is 28.0. The predicted octanol–water partition coefficient (Wildman–Crippen LogP) is 5.34. The second-order valence-electron chi connectivity index (χ2n) is 10.6. The van der Waals surface area contributed by atoms with Gasteiger partial charge in [-0.25, -0.2) is 9.18 Å². The first-order valence-corrected chi connectivity index (χ1v) is 14.6. The lowest BCUT2D eigenvalue weighted by molar-refractivity contribution is -0.121. The molecule has 0 bridgehead atoms. The minimum Gasteiger partial charge on any atom is -0.309 e. The second kappa shape index (κ2) is 7.43. The number of carbonyl (C=O) groups is 2. The van der Waals surface area contributed by atoms with Crippen molar-refractivity contribution in [2.24, 2.45) is 0 Å². The van der Waals surface area contributed by atoms with E-state index in [-0.39, 0.29) is 23.2 Å². The van der Waals surface area contributed by atoms with Gasteiger partial charge in [-0.05, 0) is 45.2 Å². The van der Waals surface area contributed by atoms with Crippen LogP contribution in [-0.4, -0.2) is 35.1 Å². The zero-order valence-electron chi connectivity index (χ0n) is 19.6. The Kier molecular flexibility index (Phi) is 5.23. The Morgan fingerprint density at radius 2 is 1.88 bits per heavy atom. The summed E-state index contributed by atoms with van der Waals surface area (Å²) in [5, 5.41) is 12.9. The Labute approximate surface area is 189 Å². The summed E-state index contributed by atoms with van der Waals surface area (Å²) in [5.41, 5.74) is 1.50. The molecular formula is C23H32FN5O2Si. The molecule has 2 heterocycles. The van der Waals surface area contributed by atoms with Crippen LogP contribution in [0.1, 0.15) is 49.9 Å². The topological polar surface area (TPSA) is 90.1 Å². The maximum atomic E-state index is 14.4. The van der Waals surface area contributed by atoms with Gasteiger partial charge in [0, 0.05) is 10.6 Å². The van der Waals surface area contributed by atoms with E-state index in [2.05, 4.69) is 40.5 Å². The summed E-state index contributed by atoms with van der Waals surface area (Å²) in [5.74, 6) is 0.0857. The van der Waals surface area contributed by atoms with Crippen molar-refractivity contribution in [1.82, 2.24) is 15.1 Å². The Morgan fingerprint density at radius 1 is 1.19 bits per heavy atom. The van der Waals surface area contributed by atoms with Gasteiger partial charge in [0.25, 0.3) is 0 Å². The van der Waals surface area contributed by atoms with E-state index >= 15 is 0 Å². The van der Waals surface area contributed by atoms with E-state index in [4.69, 9.17) is 0 Å². The Morgan fingerprint density at radius 3 is 2.47 bits per heavy atom. The summed E-state index contributed by atoms with van der Waals surface area (Å²) in [6.07, 6.45) is 2.92. The fourth-order valence-corrected chi connectivity index (χ4v) is 7.54. The molecule has 1 aromatic heterocycles. The number of H-pyrrole nitrogens is 1. The number of halogens is 1. The van der Waals surface area contributed by atoms with Crippen molar-refractivity contribution in [1.29, 1.82) is 0 Å². The van der Waals surface area contributed by atoms with Crippen molar-refractivity contribution in [3.8, 4) is 0 Å². The highest BCUT2D eigenvalue weighted by Crippen LogP contribution is 2.56. The third-order valence-electron chi connectivity index (χ3n) is 7.46. The number of aromatic amines is 1. The van der Waals surface area contributed by atoms with Gasteiger partial charge in [0.15, 0.2) is 5.82 Å². The largest absolute Gasteiger partial charge is 0.323 e. The fourth-order valence-electron chi connectivity index (χ4n) is 4.95. The number of hydrogen-bond donors (Lipinski definition) is 3. The van der Waals surface area contributed by atoms with Crippen molar-refractivity contribution in [3.63, 3.8) is 0 Å². The van der Waals surface area contributed by atoms with Crippen LogP contribution in [0.2, 0.25) is 24.7 Å². The summed E-state index contributed by atoms with van der Waals surface area (Å²) < 4.78 is 14.4. The van der Waals surface area contributed by atoms with Crippen LogP contribution in [0, 0.1) is 12.7 Å². The van der Waals surface area contributed by atoms with Crippen LogP contribution in [0.25, 0.3) is 0 Å². The molecule has 3 amide bonds. The molecule has 0 unspecified atom stereocenters. The number of anilines is 2. The van der Waals surface area contributed by atoms with Gasteiger partial charge in [-0.3, -0.25) is 9.89 Å². The van der Waals surface area contributed by atoms with Crippen LogP contribution in [0.5, 0.6) is 0 Å². The van der Waals surface area contributed by atoms with E-state index in [1.54, 1.807) is 30.0 Å². The van der Waals surface area contributed by atoms with Crippen molar-refractivity contribution in [2.75, 3.05) is 10.6 Å². The van der Waals surface area contributed by atoms with Crippen LogP contribution in [0.4, 0.5) is 20.7 Å². The van der Waals surface area contributed by atoms with Gasteiger partial charge >= 0.3 is 6.03 Å². The number of nitrogens with one attached hydrogen (secondary N) is 3. The Balaban J connectivity index is 1.55. The predicted molar refractivity (Wildman–Crippen MR) is 126 cm³/mol. The number of hydrogen-bond acceptors (Lipinski definition) is 3.